The van der Waals surface area contributed by atoms with E-state index in [1.807, 2.05) is 0 Å². The molecule has 1 aromatic carbocycles. The van der Waals surface area contributed by atoms with Crippen molar-refractivity contribution in [3.05, 3.63) is 29.8 Å². The summed E-state index contributed by atoms with van der Waals surface area (Å²) < 4.78 is 0. The molecule has 98 valence electrons. The summed E-state index contributed by atoms with van der Waals surface area (Å²) >= 11 is 0. The quantitative estimate of drug-likeness (QED) is 0.832. The van der Waals surface area contributed by atoms with Gasteiger partial charge in [0, 0.05) is 25.1 Å². The molecule has 1 heterocycles. The smallest absolute Gasteiger partial charge is 0.164 e. The highest BCUT2D eigenvalue weighted by atomic mass is 16.3. The summed E-state index contributed by atoms with van der Waals surface area (Å²) in [5.74, 6) is 1.12. The van der Waals surface area contributed by atoms with Gasteiger partial charge < -0.3 is 10.0 Å². The van der Waals surface area contributed by atoms with Crippen molar-refractivity contribution in [2.45, 2.75) is 26.2 Å². The second-order valence-electron chi connectivity index (χ2n) is 5.27. The summed E-state index contributed by atoms with van der Waals surface area (Å²) in [6, 6.07) is 6.51. The number of piperidine rings is 1. The van der Waals surface area contributed by atoms with Crippen molar-refractivity contribution in [2.24, 2.45) is 5.92 Å². The van der Waals surface area contributed by atoms with Crippen LogP contribution < -0.4 is 0 Å². The van der Waals surface area contributed by atoms with E-state index in [-0.39, 0.29) is 11.5 Å². The van der Waals surface area contributed by atoms with Crippen LogP contribution in [-0.4, -0.2) is 35.4 Å². The van der Waals surface area contributed by atoms with Gasteiger partial charge in [-0.2, -0.15) is 0 Å². The maximum absolute atomic E-state index is 12.0. The Labute approximate surface area is 108 Å². The number of phenols is 1. The van der Waals surface area contributed by atoms with Crippen LogP contribution in [0.2, 0.25) is 0 Å². The zero-order valence-electron chi connectivity index (χ0n) is 10.9. The highest BCUT2D eigenvalue weighted by Crippen LogP contribution is 2.16. The van der Waals surface area contributed by atoms with Gasteiger partial charge in [0.05, 0.1) is 0 Å². The Hall–Kier alpha value is -1.35. The number of carbonyl (C=O) groups excluding carboxylic acids is 1. The Morgan fingerprint density at radius 1 is 1.39 bits per heavy atom. The van der Waals surface area contributed by atoms with E-state index < -0.39 is 0 Å². The van der Waals surface area contributed by atoms with Crippen LogP contribution in [0, 0.1) is 5.92 Å². The molecule has 3 nitrogen and oxygen atoms in total. The average molecular weight is 247 g/mol. The van der Waals surface area contributed by atoms with Crippen LogP contribution in [0.25, 0.3) is 0 Å². The van der Waals surface area contributed by atoms with Gasteiger partial charge in [-0.05, 0) is 49.6 Å². The lowest BCUT2D eigenvalue weighted by Gasteiger charge is -2.30. The summed E-state index contributed by atoms with van der Waals surface area (Å²) in [6.07, 6.45) is 3.12. The molecule has 0 aliphatic carbocycles. The number of carbonyl (C=O) groups is 1. The van der Waals surface area contributed by atoms with Gasteiger partial charge >= 0.3 is 0 Å². The molecule has 1 aliphatic heterocycles. The number of nitrogens with zero attached hydrogens (tertiary/aromatic N) is 1. The van der Waals surface area contributed by atoms with E-state index in [1.165, 1.54) is 12.8 Å². The van der Waals surface area contributed by atoms with Crippen molar-refractivity contribution in [1.82, 2.24) is 4.90 Å². The maximum atomic E-state index is 12.0. The molecule has 3 heteroatoms. The van der Waals surface area contributed by atoms with E-state index in [0.717, 1.165) is 25.6 Å². The zero-order chi connectivity index (χ0) is 13.0. The molecule has 1 atom stereocenters. The molecule has 1 saturated heterocycles. The third-order valence-electron chi connectivity index (χ3n) is 3.59. The number of hydrogen-bond acceptors (Lipinski definition) is 3. The number of ketones is 1. The van der Waals surface area contributed by atoms with E-state index in [1.54, 1.807) is 24.3 Å². The van der Waals surface area contributed by atoms with Crippen LogP contribution in [0.5, 0.6) is 5.75 Å². The first-order chi connectivity index (χ1) is 8.65. The van der Waals surface area contributed by atoms with Gasteiger partial charge in [0.25, 0.3) is 0 Å². The normalized spacial score (nSPS) is 20.8. The molecule has 1 aromatic rings. The molecule has 2 rings (SSSR count). The summed E-state index contributed by atoms with van der Waals surface area (Å²) in [5, 5.41) is 9.18. The van der Waals surface area contributed by atoms with Crippen molar-refractivity contribution in [1.29, 1.82) is 0 Å². The number of benzene rings is 1. The molecule has 0 aromatic heterocycles. The SMILES string of the molecule is C[C@@H]1CCCN(CCC(=O)c2ccc(O)cc2)C1. The van der Waals surface area contributed by atoms with Gasteiger partial charge in [-0.25, -0.2) is 0 Å². The predicted molar refractivity (Wildman–Crippen MR) is 71.9 cm³/mol. The molecule has 18 heavy (non-hydrogen) atoms. The Balaban J connectivity index is 1.82. The van der Waals surface area contributed by atoms with Crippen molar-refractivity contribution in [3.63, 3.8) is 0 Å². The maximum Gasteiger partial charge on any atom is 0.164 e. The second kappa shape index (κ2) is 6.01. The predicted octanol–water partition coefficient (Wildman–Crippen LogP) is 2.70. The first-order valence-corrected chi connectivity index (χ1v) is 6.70. The highest BCUT2D eigenvalue weighted by Gasteiger charge is 2.17. The number of phenolic OH excluding ortho intramolecular Hbond substituents is 1. The lowest BCUT2D eigenvalue weighted by atomic mass is 9.99. The fourth-order valence-electron chi connectivity index (χ4n) is 2.54. The summed E-state index contributed by atoms with van der Waals surface area (Å²) in [4.78, 5) is 14.4. The number of Topliss-reactive ketones (excluding diaryl/α,β-unsaturated/α-hetero) is 1. The van der Waals surface area contributed by atoms with Crippen LogP contribution >= 0.6 is 0 Å². The van der Waals surface area contributed by atoms with Crippen LogP contribution in [0.3, 0.4) is 0 Å². The molecular formula is C15H21NO2. The van der Waals surface area contributed by atoms with Gasteiger partial charge in [-0.1, -0.05) is 6.92 Å². The third-order valence-corrected chi connectivity index (χ3v) is 3.59. The van der Waals surface area contributed by atoms with Gasteiger partial charge in [0.15, 0.2) is 5.78 Å². The zero-order valence-corrected chi connectivity index (χ0v) is 10.9. The third kappa shape index (κ3) is 3.57. The van der Waals surface area contributed by atoms with Crippen molar-refractivity contribution < 1.29 is 9.90 Å². The lowest BCUT2D eigenvalue weighted by molar-refractivity contribution is 0.0949. The molecule has 1 fully saturated rings. The number of aromatic hydroxyl groups is 1. The molecule has 0 amide bonds. The largest absolute Gasteiger partial charge is 0.508 e. The molecule has 1 N–H and O–H groups in total. The molecule has 0 saturated carbocycles. The minimum absolute atomic E-state index is 0.160. The molecule has 0 spiro atoms. The van der Waals surface area contributed by atoms with Crippen LogP contribution in [0.4, 0.5) is 0 Å². The average Bonchev–Trinajstić information content (AvgIpc) is 2.37. The van der Waals surface area contributed by atoms with Crippen LogP contribution in [0.1, 0.15) is 36.5 Å². The van der Waals surface area contributed by atoms with E-state index >= 15 is 0 Å². The fraction of sp³-hybridized carbons (Fsp3) is 0.533. The summed E-state index contributed by atoms with van der Waals surface area (Å²) in [5.41, 5.74) is 0.692. The van der Waals surface area contributed by atoms with Crippen molar-refractivity contribution in [3.8, 4) is 5.75 Å². The summed E-state index contributed by atoms with van der Waals surface area (Å²) in [6.45, 7) is 5.36. The van der Waals surface area contributed by atoms with Gasteiger partial charge in [-0.15, -0.1) is 0 Å². The Bertz CT molecular complexity index is 399. The first kappa shape index (κ1) is 13.1. The van der Waals surface area contributed by atoms with Gasteiger partial charge in [0.2, 0.25) is 0 Å². The van der Waals surface area contributed by atoms with Gasteiger partial charge in [0.1, 0.15) is 5.75 Å². The molecule has 1 aliphatic rings. The lowest BCUT2D eigenvalue weighted by Crippen LogP contribution is -2.35. The molecule has 0 unspecified atom stereocenters. The first-order valence-electron chi connectivity index (χ1n) is 6.70. The van der Waals surface area contributed by atoms with Gasteiger partial charge in [-0.3, -0.25) is 4.79 Å². The number of hydrogen-bond donors (Lipinski definition) is 1. The van der Waals surface area contributed by atoms with Crippen LogP contribution in [-0.2, 0) is 0 Å². The Morgan fingerprint density at radius 2 is 2.11 bits per heavy atom. The van der Waals surface area contributed by atoms with Crippen LogP contribution in [0.15, 0.2) is 24.3 Å². The summed E-state index contributed by atoms with van der Waals surface area (Å²) in [7, 11) is 0. The Morgan fingerprint density at radius 3 is 2.78 bits per heavy atom. The Kier molecular flexibility index (Phi) is 4.37. The molecular weight excluding hydrogens is 226 g/mol. The van der Waals surface area contributed by atoms with E-state index in [0.29, 0.717) is 12.0 Å². The standard InChI is InChI=1S/C15H21NO2/c1-12-3-2-9-16(11-12)10-8-15(18)13-4-6-14(17)7-5-13/h4-7,12,17H,2-3,8-11H2,1H3/t12-/m1/s1. The fourth-order valence-corrected chi connectivity index (χ4v) is 2.54. The minimum atomic E-state index is 0.160. The highest BCUT2D eigenvalue weighted by molar-refractivity contribution is 5.96. The van der Waals surface area contributed by atoms with E-state index in [4.69, 9.17) is 0 Å². The van der Waals surface area contributed by atoms with E-state index in [2.05, 4.69) is 11.8 Å². The number of likely N-dealkylation sites (tertiary alicyclic amines) is 1. The second-order valence-corrected chi connectivity index (χ2v) is 5.27. The molecule has 0 radical (unpaired) electrons. The van der Waals surface area contributed by atoms with Crippen molar-refractivity contribution in [2.75, 3.05) is 19.6 Å². The monoisotopic (exact) mass is 247 g/mol. The number of rotatable bonds is 4. The minimum Gasteiger partial charge on any atom is -0.508 e. The van der Waals surface area contributed by atoms with E-state index in [9.17, 15) is 9.90 Å². The molecule has 0 bridgehead atoms. The topological polar surface area (TPSA) is 40.5 Å². The van der Waals surface area contributed by atoms with Crippen molar-refractivity contribution >= 4 is 5.78 Å².